The van der Waals surface area contributed by atoms with Gasteiger partial charge in [-0.25, -0.2) is 44.7 Å². The average molecular weight is 980 g/mol. The molecule has 0 aliphatic carbocycles. The second kappa shape index (κ2) is 19.5. The molecular weight excluding hydrogens is 943 g/mol. The number of tetrazole rings is 1. The van der Waals surface area contributed by atoms with Crippen molar-refractivity contribution >= 4 is 95.0 Å². The number of aromatic nitrogens is 8. The van der Waals surface area contributed by atoms with Gasteiger partial charge >= 0.3 is 0 Å². The van der Waals surface area contributed by atoms with Crippen LogP contribution < -0.4 is 39.9 Å². The van der Waals surface area contributed by atoms with Crippen molar-refractivity contribution in [3.63, 3.8) is 0 Å². The lowest BCUT2D eigenvalue weighted by Crippen LogP contribution is -2.37. The molecule has 0 spiro atoms. The van der Waals surface area contributed by atoms with E-state index in [9.17, 15) is 21.2 Å². The molecule has 1 fully saturated rings. The van der Waals surface area contributed by atoms with Gasteiger partial charge in [-0.1, -0.05) is 23.7 Å². The third-order valence-electron chi connectivity index (χ3n) is 9.73. The third-order valence-corrected chi connectivity index (χ3v) is 12.4. The maximum Gasteiger partial charge on any atom is 0.252 e. The highest BCUT2D eigenvalue weighted by molar-refractivity contribution is 7.96. The lowest BCUT2D eigenvalue weighted by Gasteiger charge is -2.29. The Morgan fingerprint density at radius 1 is 0.746 bits per heavy atom. The lowest BCUT2D eigenvalue weighted by molar-refractivity contribution is 0.122. The second-order valence-corrected chi connectivity index (χ2v) is 18.4. The average Bonchev–Trinajstić information content (AvgIpc) is 3.85. The zero-order valence-corrected chi connectivity index (χ0v) is 37.4. The van der Waals surface area contributed by atoms with E-state index >= 15 is 8.78 Å². The number of halogens is 4. The summed E-state index contributed by atoms with van der Waals surface area (Å²) in [5.74, 6) is -4.12. The first-order chi connectivity index (χ1) is 32.1. The summed E-state index contributed by atoms with van der Waals surface area (Å²) in [6.45, 7) is 2.20. The summed E-state index contributed by atoms with van der Waals surface area (Å²) in [5.41, 5.74) is 0.721. The lowest BCUT2D eigenvalue weighted by atomic mass is 10.2. The number of methoxy groups -OCH3 is 1. The van der Waals surface area contributed by atoms with Crippen LogP contribution in [0.2, 0.25) is 5.02 Å². The van der Waals surface area contributed by atoms with Crippen molar-refractivity contribution in [3.05, 3.63) is 120 Å². The van der Waals surface area contributed by atoms with Crippen LogP contribution in [0.15, 0.2) is 97.6 Å². The molecule has 27 heteroatoms. The zero-order chi connectivity index (χ0) is 47.3. The molecule has 0 saturated carbocycles. The topological polar surface area (TPSA) is 249 Å². The number of hydrogen-bond donors (Lipinski definition) is 5. The fraction of sp³-hybridized carbons (Fsp3) is 0.175. The van der Waals surface area contributed by atoms with Gasteiger partial charge in [-0.05, 0) is 71.1 Å². The van der Waals surface area contributed by atoms with E-state index in [1.54, 1.807) is 12.1 Å². The molecule has 0 radical (unpaired) electrons. The van der Waals surface area contributed by atoms with Gasteiger partial charge < -0.3 is 35.6 Å². The Labute approximate surface area is 385 Å². The molecule has 0 bridgehead atoms. The normalized spacial score (nSPS) is 12.9. The monoisotopic (exact) mass is 979 g/mol. The van der Waals surface area contributed by atoms with E-state index in [1.807, 2.05) is 4.90 Å². The van der Waals surface area contributed by atoms with Gasteiger partial charge in [0.15, 0.2) is 23.3 Å². The van der Waals surface area contributed by atoms with Crippen molar-refractivity contribution in [2.45, 2.75) is 0 Å². The number of nitrogens with one attached hydrogen (secondary N) is 5. The van der Waals surface area contributed by atoms with E-state index < -0.39 is 49.2 Å². The third kappa shape index (κ3) is 11.1. The van der Waals surface area contributed by atoms with E-state index in [-0.39, 0.29) is 62.6 Å². The molecule has 7 aromatic rings. The molecular formula is C40H37ClF3N15O6S2. The number of benzene rings is 4. The number of ether oxygens (including phenoxy) is 2. The first-order valence-electron chi connectivity index (χ1n) is 19.7. The zero-order valence-electron chi connectivity index (χ0n) is 35.0. The molecule has 8 rings (SSSR count). The Kier molecular flexibility index (Phi) is 13.4. The SMILES string of the molecule is COc1ccc(Nc2nc(Nc3ccc(N4CCOCC4)cc3F)ncc2F)c(N(CS(=O)(=O)Nc2ccccc2Nc2nc(Nc3cc(-n4cnnn4)ccc3F)ncc2Cl)S(C)(=O)=O)c1. The smallest absolute Gasteiger partial charge is 0.252 e. The Morgan fingerprint density at radius 3 is 2.15 bits per heavy atom. The summed E-state index contributed by atoms with van der Waals surface area (Å²) in [5, 5.41) is 22.1. The summed E-state index contributed by atoms with van der Waals surface area (Å²) in [6.07, 6.45) is 4.16. The summed E-state index contributed by atoms with van der Waals surface area (Å²) >= 11 is 6.44. The highest BCUT2D eigenvalue weighted by atomic mass is 35.5. The summed E-state index contributed by atoms with van der Waals surface area (Å²) in [6, 6.07) is 18.6. The predicted octanol–water partition coefficient (Wildman–Crippen LogP) is 6.30. The van der Waals surface area contributed by atoms with Gasteiger partial charge in [-0.2, -0.15) is 9.97 Å². The van der Waals surface area contributed by atoms with Gasteiger partial charge in [-0.15, -0.1) is 5.10 Å². The number of hydrogen-bond acceptors (Lipinski definition) is 18. The molecule has 1 aliphatic heterocycles. The molecule has 4 heterocycles. The number of sulfonamides is 2. The minimum atomic E-state index is -4.64. The van der Waals surface area contributed by atoms with E-state index in [2.05, 4.69) is 61.5 Å². The fourth-order valence-electron chi connectivity index (χ4n) is 6.51. The minimum Gasteiger partial charge on any atom is -0.497 e. The van der Waals surface area contributed by atoms with Gasteiger partial charge in [-0.3, -0.25) is 9.03 Å². The maximum absolute atomic E-state index is 15.4. The minimum absolute atomic E-state index is 0.000698. The molecule has 0 amide bonds. The van der Waals surface area contributed by atoms with Crippen LogP contribution in [0.1, 0.15) is 0 Å². The van der Waals surface area contributed by atoms with Crippen molar-refractivity contribution in [2.24, 2.45) is 0 Å². The standard InChI is InChI=1S/C40H37ClF3N15O6S2/c1-64-26-9-12-34(49-38-30(44)21-46-40(53-38)50-31-11-8-24(17-29(31)43)57-13-15-65-16-14-57)36(19-26)59(66(2,60)61)23-67(62,63)54-33-6-4-3-5-32(33)48-37-27(41)20-45-39(52-37)51-35-18-25(7-10-28(35)42)58-22-47-55-56-58/h3-12,17-22,54H,13-16,23H2,1-2H3,(H2,45,48,51,52)(H2,46,49,50,53). The molecule has 1 saturated heterocycles. The highest BCUT2D eigenvalue weighted by Gasteiger charge is 2.29. The van der Waals surface area contributed by atoms with Gasteiger partial charge in [0.25, 0.3) is 10.0 Å². The summed E-state index contributed by atoms with van der Waals surface area (Å²) < 4.78 is 115. The fourth-order valence-corrected chi connectivity index (χ4v) is 9.36. The molecule has 67 heavy (non-hydrogen) atoms. The highest BCUT2D eigenvalue weighted by Crippen LogP contribution is 2.36. The largest absolute Gasteiger partial charge is 0.497 e. The molecule has 0 unspecified atom stereocenters. The van der Waals surface area contributed by atoms with Gasteiger partial charge in [0.05, 0.1) is 78.8 Å². The Bertz CT molecular complexity index is 3160. The van der Waals surface area contributed by atoms with Crippen LogP contribution in [0.4, 0.5) is 76.5 Å². The first kappa shape index (κ1) is 46.0. The molecule has 1 aliphatic rings. The van der Waals surface area contributed by atoms with Crippen molar-refractivity contribution in [1.29, 1.82) is 0 Å². The van der Waals surface area contributed by atoms with Crippen molar-refractivity contribution < 1.29 is 39.5 Å². The van der Waals surface area contributed by atoms with Crippen LogP contribution in [0.5, 0.6) is 5.75 Å². The number of morpholine rings is 1. The van der Waals surface area contributed by atoms with Gasteiger partial charge in [0.2, 0.25) is 21.9 Å². The second-order valence-electron chi connectivity index (χ2n) is 14.3. The number of nitrogens with zero attached hydrogens (tertiary/aromatic N) is 10. The molecule has 21 nitrogen and oxygen atoms in total. The Balaban J connectivity index is 1.02. The van der Waals surface area contributed by atoms with Crippen LogP contribution in [-0.2, 0) is 24.8 Å². The summed E-state index contributed by atoms with van der Waals surface area (Å²) in [7, 11) is -7.77. The van der Waals surface area contributed by atoms with Gasteiger partial charge in [0, 0.05) is 24.8 Å². The van der Waals surface area contributed by atoms with E-state index in [1.165, 1.54) is 91.0 Å². The predicted molar refractivity (Wildman–Crippen MR) is 245 cm³/mol. The first-order valence-corrected chi connectivity index (χ1v) is 23.5. The van der Waals surface area contributed by atoms with E-state index in [4.69, 9.17) is 21.1 Å². The van der Waals surface area contributed by atoms with E-state index in [0.29, 0.717) is 42.0 Å². The Morgan fingerprint density at radius 2 is 1.43 bits per heavy atom. The van der Waals surface area contributed by atoms with Crippen LogP contribution in [0, 0.1) is 17.5 Å². The van der Waals surface area contributed by atoms with Crippen molar-refractivity contribution in [1.82, 2.24) is 40.1 Å². The van der Waals surface area contributed by atoms with Crippen molar-refractivity contribution in [3.8, 4) is 11.4 Å². The van der Waals surface area contributed by atoms with Crippen LogP contribution >= 0.6 is 11.6 Å². The molecule has 4 aromatic carbocycles. The number of para-hydroxylation sites is 2. The van der Waals surface area contributed by atoms with Gasteiger partial charge in [0.1, 0.15) is 28.7 Å². The molecule has 0 atom stereocenters. The van der Waals surface area contributed by atoms with Crippen molar-refractivity contribution in [2.75, 3.05) is 80.7 Å². The number of rotatable bonds is 17. The van der Waals surface area contributed by atoms with Crippen LogP contribution in [0.3, 0.4) is 0 Å². The molecule has 348 valence electrons. The molecule has 3 aromatic heterocycles. The van der Waals surface area contributed by atoms with E-state index in [0.717, 1.165) is 12.5 Å². The maximum atomic E-state index is 15.4. The summed E-state index contributed by atoms with van der Waals surface area (Å²) in [4.78, 5) is 18.5. The van der Waals surface area contributed by atoms with Crippen LogP contribution in [-0.4, -0.2) is 103 Å². The number of anilines is 11. The quantitative estimate of drug-likeness (QED) is 0.0672. The Hall–Kier alpha value is -7.55. The van der Waals surface area contributed by atoms with Crippen LogP contribution in [0.25, 0.3) is 5.69 Å². The molecule has 5 N–H and O–H groups in total.